The lowest BCUT2D eigenvalue weighted by Crippen LogP contribution is -2.19. The molecule has 0 bridgehead atoms. The molecule has 2 aromatic carbocycles. The second-order valence-electron chi connectivity index (χ2n) is 7.07. The first-order chi connectivity index (χ1) is 16.0. The van der Waals surface area contributed by atoms with E-state index in [-0.39, 0.29) is 12.4 Å². The molecule has 2 heterocycles. The van der Waals surface area contributed by atoms with Crippen molar-refractivity contribution in [1.29, 1.82) is 0 Å². The van der Waals surface area contributed by atoms with Gasteiger partial charge in [-0.15, -0.1) is 11.3 Å². The van der Waals surface area contributed by atoms with Crippen LogP contribution in [0.1, 0.15) is 22.8 Å². The van der Waals surface area contributed by atoms with Gasteiger partial charge in [-0.3, -0.25) is 4.68 Å². The van der Waals surface area contributed by atoms with E-state index in [1.807, 2.05) is 36.4 Å². The van der Waals surface area contributed by atoms with Crippen molar-refractivity contribution in [2.24, 2.45) is 0 Å². The molecule has 4 rings (SSSR count). The summed E-state index contributed by atoms with van der Waals surface area (Å²) in [6.07, 6.45) is 3.45. The molecule has 2 aromatic heterocycles. The second-order valence-corrected chi connectivity index (χ2v) is 8.53. The van der Waals surface area contributed by atoms with Crippen molar-refractivity contribution in [3.05, 3.63) is 90.0 Å². The fourth-order valence-electron chi connectivity index (χ4n) is 3.15. The number of carbonyl (C=O) groups excluding carboxylic acids is 1. The number of hydrogen-bond acceptors (Lipinski definition) is 5. The van der Waals surface area contributed by atoms with Crippen LogP contribution in [0.2, 0.25) is 0 Å². The highest BCUT2D eigenvalue weighted by molar-refractivity contribution is 7.80. The molecule has 168 valence electrons. The van der Waals surface area contributed by atoms with Crippen LogP contribution < -0.4 is 10.6 Å². The number of esters is 1. The number of nitrogens with one attached hydrogen (secondary N) is 2. The molecule has 0 saturated carbocycles. The summed E-state index contributed by atoms with van der Waals surface area (Å²) in [5.74, 6) is -0.683. The molecule has 0 saturated heterocycles. The Balaban J connectivity index is 1.46. The zero-order chi connectivity index (χ0) is 23.2. The molecule has 2 N–H and O–H groups in total. The van der Waals surface area contributed by atoms with Gasteiger partial charge in [-0.1, -0.05) is 42.5 Å². The Hall–Kier alpha value is -3.56. The Labute approximate surface area is 200 Å². The molecule has 0 aliphatic rings. The number of aromatic nitrogens is 2. The lowest BCUT2D eigenvalue weighted by Gasteiger charge is -2.09. The number of benzene rings is 2. The molecule has 0 amide bonds. The van der Waals surface area contributed by atoms with Crippen molar-refractivity contribution >= 4 is 45.3 Å². The number of carbonyl (C=O) groups is 1. The largest absolute Gasteiger partial charge is 0.462 e. The van der Waals surface area contributed by atoms with Crippen LogP contribution in [0, 0.1) is 5.82 Å². The summed E-state index contributed by atoms with van der Waals surface area (Å²) in [5.41, 5.74) is 3.05. The van der Waals surface area contributed by atoms with Crippen LogP contribution >= 0.6 is 23.6 Å². The maximum absolute atomic E-state index is 13.1. The minimum absolute atomic E-state index is 0.274. The first kappa shape index (κ1) is 22.6. The summed E-state index contributed by atoms with van der Waals surface area (Å²) in [6.45, 7) is 2.55. The number of anilines is 2. The molecule has 0 spiro atoms. The normalized spacial score (nSPS) is 10.6. The monoisotopic (exact) mass is 480 g/mol. The quantitative estimate of drug-likeness (QED) is 0.258. The number of ether oxygens (including phenoxy) is 1. The third-order valence-electron chi connectivity index (χ3n) is 4.66. The first-order valence-corrected chi connectivity index (χ1v) is 11.5. The summed E-state index contributed by atoms with van der Waals surface area (Å²) >= 11 is 6.88. The van der Waals surface area contributed by atoms with Gasteiger partial charge in [0.05, 0.1) is 30.6 Å². The third kappa shape index (κ3) is 5.82. The number of hydrogen-bond donors (Lipinski definition) is 2. The van der Waals surface area contributed by atoms with Crippen LogP contribution in [-0.2, 0) is 11.3 Å². The van der Waals surface area contributed by atoms with E-state index >= 15 is 0 Å². The van der Waals surface area contributed by atoms with Crippen LogP contribution in [0.3, 0.4) is 0 Å². The molecule has 0 aliphatic heterocycles. The smallest absolute Gasteiger partial charge is 0.341 e. The van der Waals surface area contributed by atoms with E-state index < -0.39 is 5.97 Å². The zero-order valence-electron chi connectivity index (χ0n) is 17.7. The Morgan fingerprint density at radius 1 is 1.15 bits per heavy atom. The molecule has 0 unspecified atom stereocenters. The van der Waals surface area contributed by atoms with Gasteiger partial charge in [0.2, 0.25) is 0 Å². The lowest BCUT2D eigenvalue weighted by atomic mass is 10.1. The van der Waals surface area contributed by atoms with Gasteiger partial charge < -0.3 is 15.4 Å². The maximum Gasteiger partial charge on any atom is 0.341 e. The molecule has 6 nitrogen and oxygen atoms in total. The van der Waals surface area contributed by atoms with Gasteiger partial charge in [0.1, 0.15) is 10.8 Å². The average Bonchev–Trinajstić information content (AvgIpc) is 3.43. The molecular formula is C24H21FN4O2S2. The van der Waals surface area contributed by atoms with E-state index in [1.165, 1.54) is 23.5 Å². The zero-order valence-corrected chi connectivity index (χ0v) is 19.4. The van der Waals surface area contributed by atoms with E-state index in [0.29, 0.717) is 27.9 Å². The van der Waals surface area contributed by atoms with Crippen LogP contribution in [-0.4, -0.2) is 27.5 Å². The second kappa shape index (κ2) is 10.4. The molecule has 9 heteroatoms. The van der Waals surface area contributed by atoms with Crippen molar-refractivity contribution in [3.8, 4) is 10.4 Å². The van der Waals surface area contributed by atoms with Gasteiger partial charge in [-0.05, 0) is 48.5 Å². The molecule has 4 aromatic rings. The van der Waals surface area contributed by atoms with Gasteiger partial charge in [0.25, 0.3) is 0 Å². The van der Waals surface area contributed by atoms with E-state index in [0.717, 1.165) is 16.0 Å². The number of halogens is 1. The van der Waals surface area contributed by atoms with E-state index in [4.69, 9.17) is 17.0 Å². The third-order valence-corrected chi connectivity index (χ3v) is 5.97. The standard InChI is InChI=1S/C24H21FN4O2S2/c1-2-31-23(30)20-12-21(17-6-4-3-5-7-17)33-22(20)28-24(32)27-19-13-26-29(15-19)14-16-8-10-18(25)11-9-16/h3-13,15H,2,14H2,1H3,(H2,27,28,32). The highest BCUT2D eigenvalue weighted by Gasteiger charge is 2.19. The summed E-state index contributed by atoms with van der Waals surface area (Å²) in [7, 11) is 0. The summed E-state index contributed by atoms with van der Waals surface area (Å²) in [5, 5.41) is 11.4. The van der Waals surface area contributed by atoms with Crippen LogP contribution in [0.25, 0.3) is 10.4 Å². The van der Waals surface area contributed by atoms with Gasteiger partial charge in [-0.25, -0.2) is 9.18 Å². The minimum atomic E-state index is -0.409. The van der Waals surface area contributed by atoms with Gasteiger partial charge in [-0.2, -0.15) is 5.10 Å². The van der Waals surface area contributed by atoms with Crippen molar-refractivity contribution in [2.45, 2.75) is 13.5 Å². The highest BCUT2D eigenvalue weighted by Crippen LogP contribution is 2.36. The Kier molecular flexibility index (Phi) is 7.11. The lowest BCUT2D eigenvalue weighted by molar-refractivity contribution is 0.0528. The molecule has 0 fully saturated rings. The van der Waals surface area contributed by atoms with Crippen molar-refractivity contribution in [3.63, 3.8) is 0 Å². The van der Waals surface area contributed by atoms with E-state index in [9.17, 15) is 9.18 Å². The topological polar surface area (TPSA) is 68.2 Å². The van der Waals surface area contributed by atoms with E-state index in [2.05, 4.69) is 15.7 Å². The molecule has 0 atom stereocenters. The van der Waals surface area contributed by atoms with Crippen molar-refractivity contribution < 1.29 is 13.9 Å². The minimum Gasteiger partial charge on any atom is -0.462 e. The van der Waals surface area contributed by atoms with Gasteiger partial charge in [0.15, 0.2) is 5.11 Å². The van der Waals surface area contributed by atoms with Gasteiger partial charge >= 0.3 is 5.97 Å². The average molecular weight is 481 g/mol. The number of thiophene rings is 1. The first-order valence-electron chi connectivity index (χ1n) is 10.2. The van der Waals surface area contributed by atoms with Crippen molar-refractivity contribution in [2.75, 3.05) is 17.2 Å². The molecule has 0 radical (unpaired) electrons. The van der Waals surface area contributed by atoms with Crippen molar-refractivity contribution in [1.82, 2.24) is 9.78 Å². The highest BCUT2D eigenvalue weighted by atomic mass is 32.1. The number of rotatable bonds is 7. The number of thiocarbonyl (C=S) groups is 1. The molecule has 0 aliphatic carbocycles. The van der Waals surface area contributed by atoms with E-state index in [1.54, 1.807) is 36.1 Å². The molecular weight excluding hydrogens is 459 g/mol. The summed E-state index contributed by atoms with van der Waals surface area (Å²) < 4.78 is 20.0. The van der Waals surface area contributed by atoms with Crippen LogP contribution in [0.5, 0.6) is 0 Å². The Morgan fingerprint density at radius 3 is 2.64 bits per heavy atom. The Morgan fingerprint density at radius 2 is 1.91 bits per heavy atom. The summed E-state index contributed by atoms with van der Waals surface area (Å²) in [4.78, 5) is 13.4. The molecule has 33 heavy (non-hydrogen) atoms. The predicted octanol–water partition coefficient (Wildman–Crippen LogP) is 5.78. The summed E-state index contributed by atoms with van der Waals surface area (Å²) in [6, 6.07) is 17.9. The maximum atomic E-state index is 13.1. The number of nitrogens with zero attached hydrogens (tertiary/aromatic N) is 2. The predicted molar refractivity (Wildman–Crippen MR) is 133 cm³/mol. The van der Waals surface area contributed by atoms with Crippen LogP contribution in [0.4, 0.5) is 15.1 Å². The SMILES string of the molecule is CCOC(=O)c1cc(-c2ccccc2)sc1NC(=S)Nc1cnn(Cc2ccc(F)cc2)c1. The van der Waals surface area contributed by atoms with Gasteiger partial charge in [0, 0.05) is 11.1 Å². The fraction of sp³-hybridized carbons (Fsp3) is 0.125. The fourth-order valence-corrected chi connectivity index (χ4v) is 4.49. The Bertz CT molecular complexity index is 1250. The van der Waals surface area contributed by atoms with Crippen LogP contribution in [0.15, 0.2) is 73.1 Å².